The molecule has 5 nitrogen and oxygen atoms in total. The van der Waals surface area contributed by atoms with E-state index in [2.05, 4.69) is 15.0 Å². The van der Waals surface area contributed by atoms with Crippen molar-refractivity contribution >= 4 is 22.5 Å². The van der Waals surface area contributed by atoms with E-state index < -0.39 is 5.82 Å². The van der Waals surface area contributed by atoms with Gasteiger partial charge in [0.05, 0.1) is 18.4 Å². The quantitative estimate of drug-likeness (QED) is 0.575. The van der Waals surface area contributed by atoms with E-state index in [4.69, 9.17) is 5.73 Å². The van der Waals surface area contributed by atoms with Crippen LogP contribution >= 0.6 is 0 Å². The minimum atomic E-state index is -0.673. The van der Waals surface area contributed by atoms with E-state index >= 15 is 0 Å². The van der Waals surface area contributed by atoms with Gasteiger partial charge in [0.2, 0.25) is 0 Å². The Kier molecular flexibility index (Phi) is 4.77. The second-order valence-electron chi connectivity index (χ2n) is 4.41. The largest absolute Gasteiger partial charge is 0.396 e. The lowest BCUT2D eigenvalue weighted by Crippen LogP contribution is -2.07. The van der Waals surface area contributed by atoms with Crippen LogP contribution < -0.4 is 5.73 Å². The summed E-state index contributed by atoms with van der Waals surface area (Å²) in [5.41, 5.74) is 6.81. The molecule has 0 fully saturated rings. The first kappa shape index (κ1) is 15.6. The molecule has 3 N–H and O–H groups in total. The highest BCUT2D eigenvalue weighted by Gasteiger charge is 2.16. The number of hydrogen-bond acceptors (Lipinski definition) is 4. The van der Waals surface area contributed by atoms with Crippen molar-refractivity contribution in [3.8, 4) is 0 Å². The highest BCUT2D eigenvalue weighted by atomic mass is 19.1. The molecule has 0 unspecified atom stereocenters. The van der Waals surface area contributed by atoms with Gasteiger partial charge in [-0.3, -0.25) is 9.18 Å². The average Bonchev–Trinajstić information content (AvgIpc) is 2.95. The van der Waals surface area contributed by atoms with Crippen molar-refractivity contribution in [1.29, 1.82) is 0 Å². The second-order valence-corrected chi connectivity index (χ2v) is 4.41. The van der Waals surface area contributed by atoms with E-state index in [1.54, 1.807) is 18.5 Å². The zero-order valence-corrected chi connectivity index (χ0v) is 11.8. The molecule has 0 bridgehead atoms. The van der Waals surface area contributed by atoms with Crippen LogP contribution in [0.3, 0.4) is 0 Å². The number of ketones is 1. The first-order valence-corrected chi connectivity index (χ1v) is 6.38. The first-order valence-electron chi connectivity index (χ1n) is 6.38. The van der Waals surface area contributed by atoms with Crippen LogP contribution in [-0.4, -0.2) is 27.9 Å². The third kappa shape index (κ3) is 2.93. The summed E-state index contributed by atoms with van der Waals surface area (Å²) in [6, 6.07) is 4.41. The number of H-pyrrole nitrogens is 1. The number of benzene rings is 1. The molecule has 2 heterocycles. The normalized spacial score (nSPS) is 10.1. The van der Waals surface area contributed by atoms with Crippen LogP contribution in [0.2, 0.25) is 0 Å². The summed E-state index contributed by atoms with van der Waals surface area (Å²) < 4.78 is 23.3. The third-order valence-corrected chi connectivity index (χ3v) is 3.12. The number of rotatable bonds is 3. The maximum absolute atomic E-state index is 13.8. The molecule has 0 amide bonds. The van der Waals surface area contributed by atoms with Crippen molar-refractivity contribution in [1.82, 2.24) is 15.0 Å². The van der Waals surface area contributed by atoms with Gasteiger partial charge in [0.1, 0.15) is 12.0 Å². The monoisotopic (exact) mass is 304 g/mol. The number of carbonyl (C=O) groups is 1. The average molecular weight is 304 g/mol. The molecular formula is C15H14F2N4O. The van der Waals surface area contributed by atoms with E-state index in [-0.39, 0.29) is 23.5 Å². The zero-order chi connectivity index (χ0) is 16.1. The molecule has 0 spiro atoms. The van der Waals surface area contributed by atoms with E-state index in [9.17, 15) is 13.6 Å². The number of alkyl halides is 1. The van der Waals surface area contributed by atoms with Gasteiger partial charge in [-0.05, 0) is 17.7 Å². The molecule has 1 aromatic carbocycles. The van der Waals surface area contributed by atoms with Crippen LogP contribution in [0, 0.1) is 5.82 Å². The molecular weight excluding hydrogens is 290 g/mol. The number of nitrogen functional groups attached to an aromatic ring is 1. The lowest BCUT2D eigenvalue weighted by Gasteiger charge is -2.04. The molecule has 3 aromatic rings. The van der Waals surface area contributed by atoms with Crippen LogP contribution in [0.4, 0.5) is 14.5 Å². The smallest absolute Gasteiger partial charge is 0.170 e. The van der Waals surface area contributed by atoms with Gasteiger partial charge in [-0.2, -0.15) is 0 Å². The Morgan fingerprint density at radius 2 is 2.14 bits per heavy atom. The number of Topliss-reactive ketones (excluding diaryl/α,β-unsaturated/α-hetero) is 1. The van der Waals surface area contributed by atoms with Crippen LogP contribution in [0.1, 0.15) is 15.9 Å². The van der Waals surface area contributed by atoms with Gasteiger partial charge in [0, 0.05) is 24.2 Å². The van der Waals surface area contributed by atoms with E-state index in [0.29, 0.717) is 12.8 Å². The Bertz CT molecular complexity index is 801. The number of anilines is 1. The van der Waals surface area contributed by atoms with E-state index in [1.807, 2.05) is 0 Å². The molecule has 114 valence electrons. The third-order valence-electron chi connectivity index (χ3n) is 3.12. The number of aromatic nitrogens is 3. The lowest BCUT2D eigenvalue weighted by atomic mass is 10.0. The molecule has 0 saturated carbocycles. The van der Waals surface area contributed by atoms with Crippen molar-refractivity contribution in [2.75, 3.05) is 12.9 Å². The van der Waals surface area contributed by atoms with Crippen LogP contribution in [-0.2, 0) is 6.42 Å². The number of nitrogens with two attached hydrogens (primary N) is 1. The number of nitrogens with zero attached hydrogens (tertiary/aromatic N) is 2. The fourth-order valence-corrected chi connectivity index (χ4v) is 2.09. The highest BCUT2D eigenvalue weighted by Crippen LogP contribution is 2.20. The summed E-state index contributed by atoms with van der Waals surface area (Å²) in [7, 11) is 0.500. The van der Waals surface area contributed by atoms with Crippen LogP contribution in [0.5, 0.6) is 0 Å². The summed E-state index contributed by atoms with van der Waals surface area (Å²) in [6.07, 6.45) is 4.79. The molecule has 0 aliphatic rings. The Hall–Kier alpha value is -2.83. The van der Waals surface area contributed by atoms with Gasteiger partial charge in [0.15, 0.2) is 11.6 Å². The minimum absolute atomic E-state index is 0.00352. The van der Waals surface area contributed by atoms with Gasteiger partial charge in [-0.15, -0.1) is 0 Å². The maximum atomic E-state index is 13.8. The van der Waals surface area contributed by atoms with Crippen molar-refractivity contribution in [3.05, 3.63) is 53.9 Å². The zero-order valence-electron chi connectivity index (χ0n) is 11.8. The topological polar surface area (TPSA) is 84.7 Å². The number of halogens is 2. The summed E-state index contributed by atoms with van der Waals surface area (Å²) in [6.45, 7) is 0. The summed E-state index contributed by atoms with van der Waals surface area (Å²) in [5.74, 6) is -1.01. The predicted octanol–water partition coefficient (Wildman–Crippen LogP) is 2.69. The summed E-state index contributed by atoms with van der Waals surface area (Å²) >= 11 is 0. The predicted molar refractivity (Wildman–Crippen MR) is 79.8 cm³/mol. The van der Waals surface area contributed by atoms with Gasteiger partial charge in [-0.1, -0.05) is 6.07 Å². The number of hydrogen-bond donors (Lipinski definition) is 2. The number of carbonyl (C=O) groups excluding carboxylic acids is 1. The minimum Gasteiger partial charge on any atom is -0.396 e. The Labute approximate surface area is 125 Å². The number of nitrogens with one attached hydrogen (secondary N) is 1. The Morgan fingerprint density at radius 3 is 2.91 bits per heavy atom. The van der Waals surface area contributed by atoms with Gasteiger partial charge in [0.25, 0.3) is 0 Å². The molecule has 0 aliphatic heterocycles. The number of fused-ring (bicyclic) bond motifs is 1. The van der Waals surface area contributed by atoms with Gasteiger partial charge < -0.3 is 10.7 Å². The molecule has 0 atom stereocenters. The fourth-order valence-electron chi connectivity index (χ4n) is 2.09. The first-order chi connectivity index (χ1) is 10.7. The molecule has 0 aliphatic carbocycles. The summed E-state index contributed by atoms with van der Waals surface area (Å²) in [5, 5.41) is 0.755. The molecule has 22 heavy (non-hydrogen) atoms. The Balaban J connectivity index is 0.000000847. The highest BCUT2D eigenvalue weighted by molar-refractivity contribution is 6.00. The van der Waals surface area contributed by atoms with Crippen LogP contribution in [0.15, 0.2) is 36.9 Å². The molecule has 7 heteroatoms. The van der Waals surface area contributed by atoms with Crippen molar-refractivity contribution in [2.24, 2.45) is 0 Å². The molecule has 2 aromatic heterocycles. The summed E-state index contributed by atoms with van der Waals surface area (Å²) in [4.78, 5) is 23.1. The molecule has 0 radical (unpaired) electrons. The standard InChI is InChI=1S/C14H11FN4O.CH3F/c15-13-9(2-1-3-11(13)16)12(20)4-8-5-18-14-10(8)6-17-7-19-14;1-2/h1-3,5-7H,4,16H2,(H,17,18,19);1H3. The second kappa shape index (κ2) is 6.75. The van der Waals surface area contributed by atoms with Crippen molar-refractivity contribution in [3.63, 3.8) is 0 Å². The van der Waals surface area contributed by atoms with Crippen LogP contribution in [0.25, 0.3) is 11.0 Å². The fraction of sp³-hybridized carbons (Fsp3) is 0.133. The molecule has 3 rings (SSSR count). The van der Waals surface area contributed by atoms with Gasteiger partial charge in [-0.25, -0.2) is 14.4 Å². The van der Waals surface area contributed by atoms with Gasteiger partial charge >= 0.3 is 0 Å². The molecule has 0 saturated heterocycles. The van der Waals surface area contributed by atoms with Crippen molar-refractivity contribution in [2.45, 2.75) is 6.42 Å². The van der Waals surface area contributed by atoms with E-state index in [1.165, 1.54) is 18.5 Å². The lowest BCUT2D eigenvalue weighted by molar-refractivity contribution is 0.0989. The maximum Gasteiger partial charge on any atom is 0.170 e. The number of aromatic amines is 1. The van der Waals surface area contributed by atoms with Crippen molar-refractivity contribution < 1.29 is 13.6 Å². The van der Waals surface area contributed by atoms with E-state index in [0.717, 1.165) is 10.9 Å². The SMILES string of the molecule is CF.Nc1cccc(C(=O)Cc2c[nH]c3ncncc23)c1F. The Morgan fingerprint density at radius 1 is 1.36 bits per heavy atom.